The second kappa shape index (κ2) is 5.91. The first-order chi connectivity index (χ1) is 11.0. The number of carboxylic acids is 1. The molecule has 1 aromatic heterocycles. The van der Waals surface area contributed by atoms with Crippen LogP contribution < -0.4 is 0 Å². The molecule has 1 aliphatic rings. The Balaban J connectivity index is 1.94. The van der Waals surface area contributed by atoms with Gasteiger partial charge in [0.1, 0.15) is 5.76 Å². The van der Waals surface area contributed by atoms with E-state index in [0.717, 1.165) is 24.2 Å². The van der Waals surface area contributed by atoms with Crippen molar-refractivity contribution < 1.29 is 19.1 Å². The molecule has 1 unspecified atom stereocenters. The van der Waals surface area contributed by atoms with E-state index in [1.165, 1.54) is 6.07 Å². The van der Waals surface area contributed by atoms with E-state index in [0.29, 0.717) is 5.56 Å². The molecule has 1 atom stereocenters. The Labute approximate surface area is 134 Å². The quantitative estimate of drug-likeness (QED) is 0.914. The Morgan fingerprint density at radius 2 is 1.96 bits per heavy atom. The van der Waals surface area contributed by atoms with Gasteiger partial charge in [0.2, 0.25) is 0 Å². The molecule has 0 aliphatic heterocycles. The van der Waals surface area contributed by atoms with Crippen LogP contribution in [0.3, 0.4) is 0 Å². The smallest absolute Gasteiger partial charge is 0.335 e. The maximum absolute atomic E-state index is 13.0. The summed E-state index contributed by atoms with van der Waals surface area (Å²) in [6.45, 7) is 3.73. The van der Waals surface area contributed by atoms with Crippen molar-refractivity contribution in [2.45, 2.75) is 38.8 Å². The fourth-order valence-electron chi connectivity index (χ4n) is 2.86. The fourth-order valence-corrected chi connectivity index (χ4v) is 2.86. The summed E-state index contributed by atoms with van der Waals surface area (Å²) in [7, 11) is 0. The van der Waals surface area contributed by atoms with Crippen LogP contribution in [0.1, 0.15) is 57.8 Å². The van der Waals surface area contributed by atoms with Crippen molar-refractivity contribution in [2.24, 2.45) is 0 Å². The number of carbonyl (C=O) groups excluding carboxylic acids is 1. The molecule has 2 aromatic rings. The Kier molecular flexibility index (Phi) is 3.94. The highest BCUT2D eigenvalue weighted by Crippen LogP contribution is 2.36. The van der Waals surface area contributed by atoms with Crippen LogP contribution in [0.15, 0.2) is 41.0 Å². The predicted molar refractivity (Wildman–Crippen MR) is 84.5 cm³/mol. The van der Waals surface area contributed by atoms with E-state index in [4.69, 9.17) is 4.42 Å². The van der Waals surface area contributed by atoms with E-state index >= 15 is 0 Å². The Morgan fingerprint density at radius 3 is 2.52 bits per heavy atom. The lowest BCUT2D eigenvalue weighted by atomic mass is 10.0. The number of nitrogens with zero attached hydrogens (tertiary/aromatic N) is 1. The number of furan rings is 1. The summed E-state index contributed by atoms with van der Waals surface area (Å²) in [4.78, 5) is 26.0. The van der Waals surface area contributed by atoms with E-state index in [1.54, 1.807) is 36.3 Å². The molecule has 1 heterocycles. The molecular weight excluding hydrogens is 294 g/mol. The average Bonchev–Trinajstić information content (AvgIpc) is 3.18. The van der Waals surface area contributed by atoms with Gasteiger partial charge in [0.25, 0.3) is 5.91 Å². The van der Waals surface area contributed by atoms with E-state index in [9.17, 15) is 14.7 Å². The molecule has 1 aromatic carbocycles. The lowest BCUT2D eigenvalue weighted by molar-refractivity contribution is 0.0652. The van der Waals surface area contributed by atoms with Crippen molar-refractivity contribution in [3.8, 4) is 0 Å². The zero-order valence-electron chi connectivity index (χ0n) is 13.2. The monoisotopic (exact) mass is 313 g/mol. The second-order valence-corrected chi connectivity index (χ2v) is 6.03. The number of rotatable bonds is 5. The van der Waals surface area contributed by atoms with Crippen molar-refractivity contribution in [3.05, 3.63) is 59.0 Å². The summed E-state index contributed by atoms with van der Waals surface area (Å²) < 4.78 is 5.44. The first-order valence-electron chi connectivity index (χ1n) is 7.68. The third-order valence-corrected chi connectivity index (χ3v) is 4.12. The van der Waals surface area contributed by atoms with Crippen molar-refractivity contribution in [1.29, 1.82) is 0 Å². The Bertz CT molecular complexity index is 731. The van der Waals surface area contributed by atoms with Gasteiger partial charge < -0.3 is 14.4 Å². The average molecular weight is 313 g/mol. The van der Waals surface area contributed by atoms with Gasteiger partial charge in [-0.25, -0.2) is 4.79 Å². The van der Waals surface area contributed by atoms with Crippen LogP contribution in [0, 0.1) is 6.92 Å². The number of hydrogen-bond acceptors (Lipinski definition) is 3. The van der Waals surface area contributed by atoms with E-state index in [1.807, 2.05) is 13.0 Å². The maximum Gasteiger partial charge on any atom is 0.335 e. The van der Waals surface area contributed by atoms with Crippen LogP contribution in [0.4, 0.5) is 0 Å². The first-order valence-corrected chi connectivity index (χ1v) is 7.68. The van der Waals surface area contributed by atoms with Crippen LogP contribution in [-0.4, -0.2) is 27.9 Å². The lowest BCUT2D eigenvalue weighted by Gasteiger charge is -2.28. The summed E-state index contributed by atoms with van der Waals surface area (Å²) in [5.74, 6) is -0.446. The molecule has 1 N–H and O–H groups in total. The molecule has 0 saturated heterocycles. The molecule has 23 heavy (non-hydrogen) atoms. The zero-order valence-corrected chi connectivity index (χ0v) is 13.2. The molecule has 1 amide bonds. The van der Waals surface area contributed by atoms with Crippen molar-refractivity contribution in [1.82, 2.24) is 4.90 Å². The SMILES string of the molecule is Cc1cc(C(=O)O)cc(C(=O)N(C2CC2)C(C)c2ccco2)c1. The van der Waals surface area contributed by atoms with Crippen LogP contribution >= 0.6 is 0 Å². The molecule has 0 bridgehead atoms. The number of aryl methyl sites for hydroxylation is 1. The van der Waals surface area contributed by atoms with Gasteiger partial charge in [-0.1, -0.05) is 0 Å². The summed E-state index contributed by atoms with van der Waals surface area (Å²) in [6.07, 6.45) is 3.53. The highest BCUT2D eigenvalue weighted by Gasteiger charge is 2.37. The zero-order chi connectivity index (χ0) is 16.6. The summed E-state index contributed by atoms with van der Waals surface area (Å²) in [6, 6.07) is 8.41. The summed E-state index contributed by atoms with van der Waals surface area (Å²) in [5.41, 5.74) is 1.30. The van der Waals surface area contributed by atoms with Crippen molar-refractivity contribution in [3.63, 3.8) is 0 Å². The minimum absolute atomic E-state index is 0.134. The van der Waals surface area contributed by atoms with Crippen molar-refractivity contribution in [2.75, 3.05) is 0 Å². The number of amides is 1. The maximum atomic E-state index is 13.0. The van der Waals surface area contributed by atoms with E-state index in [-0.39, 0.29) is 23.6 Å². The van der Waals surface area contributed by atoms with Gasteiger partial charge in [-0.3, -0.25) is 4.79 Å². The third-order valence-electron chi connectivity index (χ3n) is 4.12. The number of aromatic carboxylic acids is 1. The molecule has 1 saturated carbocycles. The topological polar surface area (TPSA) is 70.8 Å². The number of hydrogen-bond donors (Lipinski definition) is 1. The van der Waals surface area contributed by atoms with E-state index in [2.05, 4.69) is 0 Å². The largest absolute Gasteiger partial charge is 0.478 e. The minimum Gasteiger partial charge on any atom is -0.478 e. The van der Waals surface area contributed by atoms with Crippen LogP contribution in [0.25, 0.3) is 0 Å². The van der Waals surface area contributed by atoms with Gasteiger partial charge in [-0.15, -0.1) is 0 Å². The van der Waals surface area contributed by atoms with Gasteiger partial charge in [0.05, 0.1) is 17.9 Å². The first kappa shape index (κ1) is 15.3. The van der Waals surface area contributed by atoms with Gasteiger partial charge in [-0.2, -0.15) is 0 Å². The molecule has 1 aliphatic carbocycles. The van der Waals surface area contributed by atoms with Crippen LogP contribution in [0.5, 0.6) is 0 Å². The second-order valence-electron chi connectivity index (χ2n) is 6.03. The highest BCUT2D eigenvalue weighted by molar-refractivity contribution is 5.98. The number of carbonyl (C=O) groups is 2. The molecular formula is C18H19NO4. The Hall–Kier alpha value is -2.56. The number of benzene rings is 1. The van der Waals surface area contributed by atoms with Crippen LogP contribution in [0.2, 0.25) is 0 Å². The minimum atomic E-state index is -1.03. The molecule has 5 nitrogen and oxygen atoms in total. The summed E-state index contributed by atoms with van der Waals surface area (Å²) >= 11 is 0. The van der Waals surface area contributed by atoms with Gasteiger partial charge in [0, 0.05) is 11.6 Å². The van der Waals surface area contributed by atoms with Crippen molar-refractivity contribution >= 4 is 11.9 Å². The fraction of sp³-hybridized carbons (Fsp3) is 0.333. The normalized spacial score (nSPS) is 15.2. The molecule has 120 valence electrons. The molecule has 3 rings (SSSR count). The van der Waals surface area contributed by atoms with Gasteiger partial charge >= 0.3 is 5.97 Å². The predicted octanol–water partition coefficient (Wildman–Crippen LogP) is 3.65. The van der Waals surface area contributed by atoms with E-state index < -0.39 is 5.97 Å². The standard InChI is InChI=1S/C18H19NO4/c1-11-8-13(10-14(9-11)18(21)22)17(20)19(15-5-6-15)12(2)16-4-3-7-23-16/h3-4,7-10,12,15H,5-6H2,1-2H3,(H,21,22). The van der Waals surface area contributed by atoms with Crippen LogP contribution in [-0.2, 0) is 0 Å². The summed E-state index contributed by atoms with van der Waals surface area (Å²) in [5, 5.41) is 9.20. The Morgan fingerprint density at radius 1 is 1.26 bits per heavy atom. The molecule has 5 heteroatoms. The van der Waals surface area contributed by atoms with Gasteiger partial charge in [-0.05, 0) is 62.6 Å². The lowest BCUT2D eigenvalue weighted by Crippen LogP contribution is -2.35. The number of carboxylic acid groups (broad SMARTS) is 1. The highest BCUT2D eigenvalue weighted by atomic mass is 16.4. The molecule has 0 spiro atoms. The third kappa shape index (κ3) is 3.13. The molecule has 1 fully saturated rings. The van der Waals surface area contributed by atoms with Gasteiger partial charge in [0.15, 0.2) is 0 Å². The molecule has 0 radical (unpaired) electrons.